The molecule has 1 saturated heterocycles. The van der Waals surface area contributed by atoms with Crippen molar-refractivity contribution in [1.29, 1.82) is 5.26 Å². The average Bonchev–Trinajstić information content (AvgIpc) is 2.87. The van der Waals surface area contributed by atoms with E-state index in [0.717, 1.165) is 37.3 Å². The van der Waals surface area contributed by atoms with Crippen LogP contribution in [0.1, 0.15) is 29.3 Å². The lowest BCUT2D eigenvalue weighted by molar-refractivity contribution is -0.192. The van der Waals surface area contributed by atoms with Crippen LogP contribution in [0.4, 0.5) is 24.5 Å². The largest absolute Gasteiger partial charge is 0.490 e. The first-order valence-electron chi connectivity index (χ1n) is 11.4. The van der Waals surface area contributed by atoms with Gasteiger partial charge in [0.15, 0.2) is 0 Å². The summed E-state index contributed by atoms with van der Waals surface area (Å²) in [6, 6.07) is 13.4. The number of halogens is 3. The number of nitrogens with one attached hydrogen (secondary N) is 1. The van der Waals surface area contributed by atoms with Gasteiger partial charge < -0.3 is 15.1 Å². The summed E-state index contributed by atoms with van der Waals surface area (Å²) in [6.45, 7) is 5.69. The predicted molar refractivity (Wildman–Crippen MR) is 133 cm³/mol. The molecule has 1 aliphatic rings. The molecule has 3 N–H and O–H groups in total. The molecule has 38 heavy (non-hydrogen) atoms. The second kappa shape index (κ2) is 13.1. The van der Waals surface area contributed by atoms with Gasteiger partial charge in [-0.3, -0.25) is 9.62 Å². The van der Waals surface area contributed by atoms with E-state index in [-0.39, 0.29) is 16.1 Å². The molecule has 0 bridgehead atoms. The van der Waals surface area contributed by atoms with Crippen molar-refractivity contribution in [3.05, 3.63) is 53.6 Å². The number of aliphatic carboxylic acids is 1. The predicted octanol–water partition coefficient (Wildman–Crippen LogP) is 3.42. The minimum absolute atomic E-state index is 0.0310. The van der Waals surface area contributed by atoms with Crippen molar-refractivity contribution < 1.29 is 41.4 Å². The van der Waals surface area contributed by atoms with Crippen molar-refractivity contribution in [1.82, 2.24) is 4.90 Å². The van der Waals surface area contributed by atoms with E-state index in [2.05, 4.69) is 20.6 Å². The summed E-state index contributed by atoms with van der Waals surface area (Å²) in [5.41, 5.74) is 1.68. The second-order valence-corrected chi connectivity index (χ2v) is 9.86. The Kier molecular flexibility index (Phi) is 10.5. The van der Waals surface area contributed by atoms with E-state index in [4.69, 9.17) is 15.2 Å². The molecule has 1 fully saturated rings. The SMILES string of the molecule is CCc1ccc(S(=O)(=O)Nc2ccc(N3CCN(CCC#N)CC3)cc2C(=O)O)cc1.O=C(O)C(F)(F)F. The van der Waals surface area contributed by atoms with Crippen LogP contribution in [0.25, 0.3) is 0 Å². The van der Waals surface area contributed by atoms with E-state index in [9.17, 15) is 31.5 Å². The van der Waals surface area contributed by atoms with E-state index in [0.29, 0.717) is 19.5 Å². The number of nitrogens with zero attached hydrogens (tertiary/aromatic N) is 3. The highest BCUT2D eigenvalue weighted by atomic mass is 32.2. The number of alkyl halides is 3. The summed E-state index contributed by atoms with van der Waals surface area (Å²) in [7, 11) is -3.91. The van der Waals surface area contributed by atoms with Gasteiger partial charge >= 0.3 is 18.1 Å². The molecule has 2 aromatic rings. The lowest BCUT2D eigenvalue weighted by atomic mass is 10.1. The fourth-order valence-corrected chi connectivity index (χ4v) is 4.62. The maximum absolute atomic E-state index is 12.7. The number of aromatic carboxylic acids is 1. The number of carboxylic acids is 2. The number of benzene rings is 2. The van der Waals surface area contributed by atoms with Crippen molar-refractivity contribution >= 4 is 33.3 Å². The van der Waals surface area contributed by atoms with Crippen molar-refractivity contribution in [2.45, 2.75) is 30.8 Å². The number of rotatable bonds is 8. The number of anilines is 2. The molecule has 0 spiro atoms. The third-order valence-corrected chi connectivity index (χ3v) is 7.02. The van der Waals surface area contributed by atoms with Gasteiger partial charge in [-0.25, -0.2) is 18.0 Å². The van der Waals surface area contributed by atoms with Gasteiger partial charge in [-0.15, -0.1) is 0 Å². The van der Waals surface area contributed by atoms with Crippen molar-refractivity contribution in [2.75, 3.05) is 42.3 Å². The average molecular weight is 557 g/mol. The normalized spacial score (nSPS) is 14.1. The minimum Gasteiger partial charge on any atom is -0.478 e. The molecule has 10 nitrogen and oxygen atoms in total. The first-order chi connectivity index (χ1) is 17.8. The summed E-state index contributed by atoms with van der Waals surface area (Å²) in [5.74, 6) is -3.96. The van der Waals surface area contributed by atoms with E-state index in [1.807, 2.05) is 6.92 Å². The molecule has 1 heterocycles. The third kappa shape index (κ3) is 8.63. The van der Waals surface area contributed by atoms with Crippen LogP contribution < -0.4 is 9.62 Å². The first-order valence-corrected chi connectivity index (χ1v) is 12.9. The van der Waals surface area contributed by atoms with E-state index in [1.165, 1.54) is 24.3 Å². The summed E-state index contributed by atoms with van der Waals surface area (Å²) < 4.78 is 59.6. The van der Waals surface area contributed by atoms with Crippen LogP contribution in [0.15, 0.2) is 47.4 Å². The summed E-state index contributed by atoms with van der Waals surface area (Å²) in [5, 5.41) is 25.5. The molecule has 1 aliphatic heterocycles. The quantitative estimate of drug-likeness (QED) is 0.444. The van der Waals surface area contributed by atoms with E-state index < -0.39 is 28.1 Å². The lowest BCUT2D eigenvalue weighted by Gasteiger charge is -2.36. The van der Waals surface area contributed by atoms with Gasteiger partial charge in [-0.2, -0.15) is 18.4 Å². The summed E-state index contributed by atoms with van der Waals surface area (Å²) in [4.78, 5) is 25.1. The number of carbonyl (C=O) groups is 2. The van der Waals surface area contributed by atoms with Gasteiger partial charge in [0.05, 0.1) is 22.2 Å². The molecule has 14 heteroatoms. The zero-order valence-electron chi connectivity index (χ0n) is 20.4. The topological polar surface area (TPSA) is 151 Å². The minimum atomic E-state index is -5.08. The number of nitriles is 1. The summed E-state index contributed by atoms with van der Waals surface area (Å²) >= 11 is 0. The van der Waals surface area contributed by atoms with Crippen LogP contribution in [-0.4, -0.2) is 74.4 Å². The Hall–Kier alpha value is -3.83. The second-order valence-electron chi connectivity index (χ2n) is 8.18. The van der Waals surface area contributed by atoms with E-state index in [1.54, 1.807) is 18.2 Å². The molecule has 0 aliphatic carbocycles. The highest BCUT2D eigenvalue weighted by Gasteiger charge is 2.38. The van der Waals surface area contributed by atoms with E-state index >= 15 is 0 Å². The smallest absolute Gasteiger partial charge is 0.478 e. The number of aryl methyl sites for hydroxylation is 1. The summed E-state index contributed by atoms with van der Waals surface area (Å²) in [6.07, 6.45) is -3.80. The molecular formula is C24H27F3N4O6S. The Labute approximate surface area is 217 Å². The number of sulfonamides is 1. The Morgan fingerprint density at radius 2 is 1.63 bits per heavy atom. The monoisotopic (exact) mass is 556 g/mol. The Morgan fingerprint density at radius 1 is 1.05 bits per heavy atom. The molecule has 206 valence electrons. The van der Waals surface area contributed by atoms with Crippen LogP contribution in [0.3, 0.4) is 0 Å². The number of hydrogen-bond acceptors (Lipinski definition) is 7. The Morgan fingerprint density at radius 3 is 2.11 bits per heavy atom. The highest BCUT2D eigenvalue weighted by Crippen LogP contribution is 2.27. The van der Waals surface area contributed by atoms with Gasteiger partial charge in [-0.05, 0) is 42.3 Å². The van der Waals surface area contributed by atoms with Crippen molar-refractivity contribution in [3.63, 3.8) is 0 Å². The zero-order chi connectivity index (χ0) is 28.5. The molecule has 0 unspecified atom stereocenters. The zero-order valence-corrected chi connectivity index (χ0v) is 21.2. The number of hydrogen-bond donors (Lipinski definition) is 3. The highest BCUT2D eigenvalue weighted by molar-refractivity contribution is 7.92. The fourth-order valence-electron chi connectivity index (χ4n) is 3.54. The maximum atomic E-state index is 12.7. The van der Waals surface area contributed by atoms with Crippen molar-refractivity contribution in [3.8, 4) is 6.07 Å². The molecule has 0 saturated carbocycles. The fraction of sp³-hybridized carbons (Fsp3) is 0.375. The van der Waals surface area contributed by atoms with Crippen LogP contribution in [0.2, 0.25) is 0 Å². The third-order valence-electron chi connectivity index (χ3n) is 5.64. The molecule has 2 aromatic carbocycles. The number of piperazine rings is 1. The van der Waals surface area contributed by atoms with Gasteiger partial charge in [0.2, 0.25) is 0 Å². The first kappa shape index (κ1) is 30.4. The molecule has 3 rings (SSSR count). The molecule has 0 amide bonds. The lowest BCUT2D eigenvalue weighted by Crippen LogP contribution is -2.46. The molecule has 0 aromatic heterocycles. The molecule has 0 radical (unpaired) electrons. The van der Waals surface area contributed by atoms with Crippen LogP contribution in [0.5, 0.6) is 0 Å². The molecule has 0 atom stereocenters. The maximum Gasteiger partial charge on any atom is 0.490 e. The number of carboxylic acid groups (broad SMARTS) is 2. The van der Waals surface area contributed by atoms with Crippen molar-refractivity contribution in [2.24, 2.45) is 0 Å². The molecular weight excluding hydrogens is 529 g/mol. The van der Waals surface area contributed by atoms with Gasteiger partial charge in [-0.1, -0.05) is 19.1 Å². The standard InChI is InChI=1S/C22H26N4O4S.C2HF3O2/c1-2-17-4-7-19(8-5-17)31(29,30)24-21-9-6-18(16-20(21)22(27)28)26-14-12-25(13-15-26)11-3-10-23;3-2(4,5)1(6)7/h4-9,16,24H,2-3,11-15H2,1H3,(H,27,28);(H,6,7). The Bertz CT molecular complexity index is 1270. The van der Waals surface area contributed by atoms with Gasteiger partial charge in [0, 0.05) is 44.8 Å². The Balaban J connectivity index is 0.000000638. The van der Waals surface area contributed by atoms with Gasteiger partial charge in [0.1, 0.15) is 0 Å². The van der Waals surface area contributed by atoms with Crippen LogP contribution in [0, 0.1) is 11.3 Å². The van der Waals surface area contributed by atoms with Crippen LogP contribution in [-0.2, 0) is 21.2 Å². The van der Waals surface area contributed by atoms with Gasteiger partial charge in [0.25, 0.3) is 10.0 Å². The van der Waals surface area contributed by atoms with Crippen LogP contribution >= 0.6 is 0 Å².